The molecular formula is C13H10F2N2O4. The molecule has 8 heteroatoms. The second kappa shape index (κ2) is 6.12. The van der Waals surface area contributed by atoms with E-state index in [1.54, 1.807) is 0 Å². The van der Waals surface area contributed by atoms with Crippen LogP contribution in [-0.2, 0) is 0 Å². The van der Waals surface area contributed by atoms with E-state index >= 15 is 0 Å². The van der Waals surface area contributed by atoms with Gasteiger partial charge in [-0.1, -0.05) is 0 Å². The summed E-state index contributed by atoms with van der Waals surface area (Å²) >= 11 is 0. The van der Waals surface area contributed by atoms with Crippen molar-refractivity contribution in [2.75, 3.05) is 7.11 Å². The molecule has 21 heavy (non-hydrogen) atoms. The lowest BCUT2D eigenvalue weighted by Crippen LogP contribution is -1.95. The number of nitro benzene ring substituents is 1. The Kier molecular flexibility index (Phi) is 4.27. The molecule has 0 aliphatic carbocycles. The van der Waals surface area contributed by atoms with Crippen molar-refractivity contribution in [1.82, 2.24) is 4.98 Å². The molecule has 0 atom stereocenters. The Morgan fingerprint density at radius 3 is 2.57 bits per heavy atom. The molecule has 2 rings (SSSR count). The van der Waals surface area contributed by atoms with Crippen LogP contribution >= 0.6 is 0 Å². The molecule has 0 spiro atoms. The van der Waals surface area contributed by atoms with Gasteiger partial charge in [0.25, 0.3) is 6.43 Å². The van der Waals surface area contributed by atoms with Crippen molar-refractivity contribution in [3.8, 4) is 17.4 Å². The Morgan fingerprint density at radius 2 is 2.05 bits per heavy atom. The fourth-order valence-corrected chi connectivity index (χ4v) is 1.58. The standard InChI is InChI=1S/C13H10F2N2O4/c1-20-11-4-3-9(6-10(11)17(18)19)21-12-5-2-8(7-16-12)13(14)15/h2-7,13H,1H3. The molecule has 0 saturated carbocycles. The number of nitro groups is 1. The second-order valence-electron chi connectivity index (χ2n) is 3.92. The number of aromatic nitrogens is 1. The fraction of sp³-hybridized carbons (Fsp3) is 0.154. The summed E-state index contributed by atoms with van der Waals surface area (Å²) in [5.74, 6) is 0.298. The average molecular weight is 296 g/mol. The Balaban J connectivity index is 2.23. The molecule has 1 aromatic heterocycles. The minimum Gasteiger partial charge on any atom is -0.490 e. The number of pyridine rings is 1. The number of hydrogen-bond acceptors (Lipinski definition) is 5. The number of nitrogens with zero attached hydrogens (tertiary/aromatic N) is 2. The van der Waals surface area contributed by atoms with Crippen molar-refractivity contribution in [3.05, 3.63) is 52.2 Å². The molecule has 110 valence electrons. The highest BCUT2D eigenvalue weighted by molar-refractivity contribution is 5.51. The normalized spacial score (nSPS) is 10.5. The predicted molar refractivity (Wildman–Crippen MR) is 68.9 cm³/mol. The molecule has 0 unspecified atom stereocenters. The Labute approximate surface area is 118 Å². The van der Waals surface area contributed by atoms with Crippen LogP contribution in [0.5, 0.6) is 17.4 Å². The van der Waals surface area contributed by atoms with Gasteiger partial charge < -0.3 is 9.47 Å². The third-order valence-corrected chi connectivity index (χ3v) is 2.58. The second-order valence-corrected chi connectivity index (χ2v) is 3.92. The maximum absolute atomic E-state index is 12.4. The summed E-state index contributed by atoms with van der Waals surface area (Å²) in [5, 5.41) is 10.9. The number of methoxy groups -OCH3 is 1. The van der Waals surface area contributed by atoms with Crippen molar-refractivity contribution >= 4 is 5.69 Å². The van der Waals surface area contributed by atoms with Crippen LogP contribution < -0.4 is 9.47 Å². The molecule has 0 N–H and O–H groups in total. The van der Waals surface area contributed by atoms with Crippen molar-refractivity contribution in [2.24, 2.45) is 0 Å². The third kappa shape index (κ3) is 3.41. The molecule has 0 bridgehead atoms. The van der Waals surface area contributed by atoms with E-state index in [1.165, 1.54) is 37.4 Å². The van der Waals surface area contributed by atoms with Gasteiger partial charge >= 0.3 is 5.69 Å². The van der Waals surface area contributed by atoms with Crippen LogP contribution in [0.4, 0.5) is 14.5 Å². The molecule has 1 aromatic carbocycles. The Hall–Kier alpha value is -2.77. The first-order valence-corrected chi connectivity index (χ1v) is 5.75. The van der Waals surface area contributed by atoms with Crippen LogP contribution in [0, 0.1) is 10.1 Å². The first-order valence-electron chi connectivity index (χ1n) is 5.75. The molecular weight excluding hydrogens is 286 g/mol. The van der Waals surface area contributed by atoms with E-state index in [4.69, 9.17) is 9.47 Å². The summed E-state index contributed by atoms with van der Waals surface area (Å²) in [5.41, 5.74) is -0.498. The zero-order valence-electron chi connectivity index (χ0n) is 10.8. The maximum atomic E-state index is 12.4. The van der Waals surface area contributed by atoms with Crippen molar-refractivity contribution in [1.29, 1.82) is 0 Å². The zero-order valence-corrected chi connectivity index (χ0v) is 10.8. The Morgan fingerprint density at radius 1 is 1.29 bits per heavy atom. The number of benzene rings is 1. The number of alkyl halides is 2. The number of ether oxygens (including phenoxy) is 2. The van der Waals surface area contributed by atoms with Gasteiger partial charge in [-0.25, -0.2) is 13.8 Å². The minimum atomic E-state index is -2.62. The van der Waals surface area contributed by atoms with Gasteiger partial charge in [-0.05, 0) is 18.2 Å². The van der Waals surface area contributed by atoms with Gasteiger partial charge in [0, 0.05) is 17.8 Å². The minimum absolute atomic E-state index is 0.0545. The number of rotatable bonds is 5. The third-order valence-electron chi connectivity index (χ3n) is 2.58. The lowest BCUT2D eigenvalue weighted by Gasteiger charge is -2.07. The quantitative estimate of drug-likeness (QED) is 0.620. The highest BCUT2D eigenvalue weighted by atomic mass is 19.3. The lowest BCUT2D eigenvalue weighted by atomic mass is 10.2. The van der Waals surface area contributed by atoms with Gasteiger partial charge in [0.15, 0.2) is 5.75 Å². The summed E-state index contributed by atoms with van der Waals surface area (Å²) in [6.45, 7) is 0. The molecule has 0 amide bonds. The van der Waals surface area contributed by atoms with E-state index in [0.29, 0.717) is 0 Å². The number of hydrogen-bond donors (Lipinski definition) is 0. The first kappa shape index (κ1) is 14.6. The average Bonchev–Trinajstić information content (AvgIpc) is 2.47. The molecule has 0 radical (unpaired) electrons. The highest BCUT2D eigenvalue weighted by Gasteiger charge is 2.16. The molecule has 0 fully saturated rings. The van der Waals surface area contributed by atoms with Crippen LogP contribution in [0.3, 0.4) is 0 Å². The van der Waals surface area contributed by atoms with Crippen molar-refractivity contribution < 1.29 is 23.2 Å². The van der Waals surface area contributed by atoms with Crippen molar-refractivity contribution in [3.63, 3.8) is 0 Å². The predicted octanol–water partition coefficient (Wildman–Crippen LogP) is 3.73. The monoisotopic (exact) mass is 296 g/mol. The van der Waals surface area contributed by atoms with Gasteiger partial charge in [-0.3, -0.25) is 10.1 Å². The summed E-state index contributed by atoms with van der Waals surface area (Å²) in [6.07, 6.45) is -1.63. The van der Waals surface area contributed by atoms with Crippen LogP contribution in [0.15, 0.2) is 36.5 Å². The van der Waals surface area contributed by atoms with Crippen LogP contribution in [0.1, 0.15) is 12.0 Å². The topological polar surface area (TPSA) is 74.5 Å². The first-order chi connectivity index (χ1) is 10.0. The molecule has 0 aliphatic heterocycles. The maximum Gasteiger partial charge on any atom is 0.314 e. The summed E-state index contributed by atoms with van der Waals surface area (Å²) in [6, 6.07) is 6.43. The zero-order chi connectivity index (χ0) is 15.4. The van der Waals surface area contributed by atoms with Crippen LogP contribution in [-0.4, -0.2) is 17.0 Å². The molecule has 1 heterocycles. The summed E-state index contributed by atoms with van der Waals surface area (Å²) in [7, 11) is 1.31. The number of halogens is 2. The van der Waals surface area contributed by atoms with Gasteiger partial charge in [0.1, 0.15) is 5.75 Å². The summed E-state index contributed by atoms with van der Waals surface area (Å²) in [4.78, 5) is 14.0. The largest absolute Gasteiger partial charge is 0.490 e. The van der Waals surface area contributed by atoms with Crippen molar-refractivity contribution in [2.45, 2.75) is 6.43 Å². The summed E-state index contributed by atoms with van der Waals surface area (Å²) < 4.78 is 34.9. The SMILES string of the molecule is COc1ccc(Oc2ccc(C(F)F)cn2)cc1[N+](=O)[O-]. The van der Waals surface area contributed by atoms with E-state index < -0.39 is 11.3 Å². The molecule has 6 nitrogen and oxygen atoms in total. The molecule has 2 aromatic rings. The van der Waals surface area contributed by atoms with Crippen LogP contribution in [0.25, 0.3) is 0 Å². The van der Waals surface area contributed by atoms with Gasteiger partial charge in [0.2, 0.25) is 5.88 Å². The molecule has 0 aliphatic rings. The smallest absolute Gasteiger partial charge is 0.314 e. The fourth-order valence-electron chi connectivity index (χ4n) is 1.58. The van der Waals surface area contributed by atoms with E-state index in [2.05, 4.69) is 4.98 Å². The Bertz CT molecular complexity index is 647. The van der Waals surface area contributed by atoms with E-state index in [9.17, 15) is 18.9 Å². The van der Waals surface area contributed by atoms with Crippen LogP contribution in [0.2, 0.25) is 0 Å². The highest BCUT2D eigenvalue weighted by Crippen LogP contribution is 2.32. The van der Waals surface area contributed by atoms with Gasteiger partial charge in [-0.15, -0.1) is 0 Å². The van der Waals surface area contributed by atoms with Gasteiger partial charge in [-0.2, -0.15) is 0 Å². The van der Waals surface area contributed by atoms with Gasteiger partial charge in [0.05, 0.1) is 18.1 Å². The van der Waals surface area contributed by atoms with E-state index in [1.807, 2.05) is 0 Å². The van der Waals surface area contributed by atoms with E-state index in [-0.39, 0.29) is 28.6 Å². The molecule has 0 saturated heterocycles. The van der Waals surface area contributed by atoms with E-state index in [0.717, 1.165) is 6.20 Å². The lowest BCUT2D eigenvalue weighted by molar-refractivity contribution is -0.385.